The van der Waals surface area contributed by atoms with Gasteiger partial charge in [0.1, 0.15) is 16.5 Å². The van der Waals surface area contributed by atoms with E-state index in [9.17, 15) is 13.2 Å². The van der Waals surface area contributed by atoms with Gasteiger partial charge in [0.15, 0.2) is 15.7 Å². The molecule has 2 aliphatic heterocycles. The predicted octanol–water partition coefficient (Wildman–Crippen LogP) is 4.61. The topological polar surface area (TPSA) is 130 Å². The number of nitrogens with zero attached hydrogens (tertiary/aromatic N) is 5. The smallest absolute Gasteiger partial charge is 0.227 e. The van der Waals surface area contributed by atoms with E-state index in [1.54, 1.807) is 18.5 Å². The van der Waals surface area contributed by atoms with Crippen molar-refractivity contribution >= 4 is 44.8 Å². The minimum absolute atomic E-state index is 0.000843. The van der Waals surface area contributed by atoms with E-state index in [0.717, 1.165) is 18.7 Å². The van der Waals surface area contributed by atoms with Crippen LogP contribution in [0.4, 0.5) is 21.8 Å². The number of halogens is 2. The molecule has 0 unspecified atom stereocenters. The van der Waals surface area contributed by atoms with Crippen molar-refractivity contribution in [2.45, 2.75) is 63.7 Å². The van der Waals surface area contributed by atoms with Gasteiger partial charge in [-0.15, -0.1) is 0 Å². The van der Waals surface area contributed by atoms with Crippen LogP contribution in [0.25, 0.3) is 0 Å². The predicted molar refractivity (Wildman–Crippen MR) is 159 cm³/mol. The quantitative estimate of drug-likeness (QED) is 0.391. The molecule has 224 valence electrons. The van der Waals surface area contributed by atoms with E-state index in [4.69, 9.17) is 11.6 Å². The van der Waals surface area contributed by atoms with E-state index in [2.05, 4.69) is 30.6 Å². The number of benzene rings is 1. The van der Waals surface area contributed by atoms with Gasteiger partial charge in [0, 0.05) is 43.6 Å². The maximum atomic E-state index is 15.1. The molecule has 0 spiro atoms. The van der Waals surface area contributed by atoms with Gasteiger partial charge in [0.2, 0.25) is 11.9 Å². The molecule has 0 saturated carbocycles. The Kier molecular flexibility index (Phi) is 8.66. The van der Waals surface area contributed by atoms with E-state index in [1.807, 2.05) is 25.7 Å². The highest BCUT2D eigenvalue weighted by molar-refractivity contribution is 7.91. The van der Waals surface area contributed by atoms with Crippen molar-refractivity contribution < 1.29 is 17.6 Å². The van der Waals surface area contributed by atoms with Crippen LogP contribution in [0.2, 0.25) is 5.02 Å². The Bertz CT molecular complexity index is 1570. The van der Waals surface area contributed by atoms with E-state index in [1.165, 1.54) is 12.1 Å². The lowest BCUT2D eigenvalue weighted by Crippen LogP contribution is -2.35. The van der Waals surface area contributed by atoms with Gasteiger partial charge in [-0.2, -0.15) is 4.98 Å². The fourth-order valence-corrected chi connectivity index (χ4v) is 6.84. The molecule has 5 rings (SSSR count). The van der Waals surface area contributed by atoms with Gasteiger partial charge in [0.25, 0.3) is 0 Å². The Balaban J connectivity index is 1.36. The highest BCUT2D eigenvalue weighted by atomic mass is 35.5. The number of anilines is 3. The first kappa shape index (κ1) is 30.1. The van der Waals surface area contributed by atoms with E-state index in [0.29, 0.717) is 54.8 Å². The second-order valence-corrected chi connectivity index (χ2v) is 14.5. The zero-order valence-electron chi connectivity index (χ0n) is 24.0. The summed E-state index contributed by atoms with van der Waals surface area (Å²) in [5, 5.41) is 6.36. The molecule has 0 aliphatic carbocycles. The molecule has 42 heavy (non-hydrogen) atoms. The maximum absolute atomic E-state index is 15.1. The van der Waals surface area contributed by atoms with Gasteiger partial charge >= 0.3 is 0 Å². The molecule has 13 heteroatoms. The van der Waals surface area contributed by atoms with Gasteiger partial charge in [-0.1, -0.05) is 38.4 Å². The first-order valence-electron chi connectivity index (χ1n) is 14.1. The van der Waals surface area contributed by atoms with Crippen LogP contribution < -0.4 is 15.5 Å². The number of amides is 1. The van der Waals surface area contributed by atoms with Crippen molar-refractivity contribution in [1.29, 1.82) is 0 Å². The van der Waals surface area contributed by atoms with Crippen molar-refractivity contribution in [2.75, 3.05) is 35.6 Å². The molecule has 4 heterocycles. The lowest BCUT2D eigenvalue weighted by Gasteiger charge is -2.32. The van der Waals surface area contributed by atoms with Crippen molar-refractivity contribution in [2.24, 2.45) is 5.41 Å². The van der Waals surface area contributed by atoms with Crippen LogP contribution in [-0.2, 0) is 27.5 Å². The van der Waals surface area contributed by atoms with Crippen molar-refractivity contribution in [3.05, 3.63) is 58.5 Å². The Morgan fingerprint density at radius 3 is 2.52 bits per heavy atom. The Morgan fingerprint density at radius 1 is 1.14 bits per heavy atom. The lowest BCUT2D eigenvalue weighted by atomic mass is 9.96. The van der Waals surface area contributed by atoms with Gasteiger partial charge in [-0.3, -0.25) is 4.79 Å². The molecule has 1 amide bonds. The summed E-state index contributed by atoms with van der Waals surface area (Å²) >= 11 is 5.93. The fraction of sp³-hybridized carbons (Fsp3) is 0.483. The molecule has 1 fully saturated rings. The number of aromatic nitrogens is 4. The van der Waals surface area contributed by atoms with Crippen molar-refractivity contribution in [3.63, 3.8) is 0 Å². The minimum Gasteiger partial charge on any atom is -0.355 e. The molecular formula is C29H35ClFN7O3S. The highest BCUT2D eigenvalue weighted by Gasteiger charge is 2.32. The van der Waals surface area contributed by atoms with Crippen LogP contribution in [0.1, 0.15) is 63.0 Å². The molecule has 2 aromatic heterocycles. The first-order chi connectivity index (χ1) is 19.9. The number of sulfone groups is 1. The SMILES string of the molecule is CC(C)(C)CNC(=O)Cc1ccc(Nc2nc(N3CCC(c4ncc(Cl)cn4)CC3)nc3c2S(=O)(=O)CCC3)cc1F. The van der Waals surface area contributed by atoms with Crippen molar-refractivity contribution in [3.8, 4) is 0 Å². The molecule has 0 radical (unpaired) electrons. The molecule has 2 N–H and O–H groups in total. The van der Waals surface area contributed by atoms with Crippen LogP contribution in [0.15, 0.2) is 35.5 Å². The molecular weight excluding hydrogens is 581 g/mol. The number of aryl methyl sites for hydroxylation is 1. The number of fused-ring (bicyclic) bond motifs is 1. The lowest BCUT2D eigenvalue weighted by molar-refractivity contribution is -0.120. The van der Waals surface area contributed by atoms with Crippen LogP contribution in [-0.4, -0.2) is 59.6 Å². The third-order valence-corrected chi connectivity index (χ3v) is 9.40. The summed E-state index contributed by atoms with van der Waals surface area (Å²) in [7, 11) is -3.62. The van der Waals surface area contributed by atoms with Gasteiger partial charge in [0.05, 0.1) is 22.9 Å². The second-order valence-electron chi connectivity index (χ2n) is 12.0. The van der Waals surface area contributed by atoms with Gasteiger partial charge in [-0.05, 0) is 48.8 Å². The molecule has 1 aromatic carbocycles. The highest BCUT2D eigenvalue weighted by Crippen LogP contribution is 2.35. The van der Waals surface area contributed by atoms with Crippen LogP contribution in [0.5, 0.6) is 0 Å². The van der Waals surface area contributed by atoms with Crippen LogP contribution in [0.3, 0.4) is 0 Å². The van der Waals surface area contributed by atoms with E-state index < -0.39 is 15.7 Å². The zero-order valence-corrected chi connectivity index (χ0v) is 25.5. The molecule has 1 saturated heterocycles. The second kappa shape index (κ2) is 12.1. The zero-order chi connectivity index (χ0) is 30.1. The summed E-state index contributed by atoms with van der Waals surface area (Å²) in [5.41, 5.74) is 0.957. The number of nitrogens with one attached hydrogen (secondary N) is 2. The summed E-state index contributed by atoms with van der Waals surface area (Å²) in [5.74, 6) is 0.646. The molecule has 3 aromatic rings. The number of hydrogen-bond acceptors (Lipinski definition) is 9. The number of hydrogen-bond donors (Lipinski definition) is 2. The molecule has 2 aliphatic rings. The van der Waals surface area contributed by atoms with Crippen molar-refractivity contribution in [1.82, 2.24) is 25.3 Å². The Morgan fingerprint density at radius 2 is 1.86 bits per heavy atom. The molecule has 10 nitrogen and oxygen atoms in total. The third-order valence-electron chi connectivity index (χ3n) is 7.33. The number of carbonyl (C=O) groups is 1. The van der Waals surface area contributed by atoms with Crippen LogP contribution >= 0.6 is 11.6 Å². The number of carbonyl (C=O) groups excluding carboxylic acids is 1. The Hall–Kier alpha value is -3.38. The average molecular weight is 616 g/mol. The summed E-state index contributed by atoms with van der Waals surface area (Å²) in [6.07, 6.45) is 5.63. The first-order valence-corrected chi connectivity index (χ1v) is 16.1. The Labute approximate surface area is 250 Å². The number of piperidine rings is 1. The largest absolute Gasteiger partial charge is 0.355 e. The summed E-state index contributed by atoms with van der Waals surface area (Å²) in [4.78, 5) is 32.5. The fourth-order valence-electron chi connectivity index (χ4n) is 5.11. The monoisotopic (exact) mass is 615 g/mol. The third kappa shape index (κ3) is 7.15. The summed E-state index contributed by atoms with van der Waals surface area (Å²) in [6, 6.07) is 4.41. The van der Waals surface area contributed by atoms with Crippen LogP contribution in [0, 0.1) is 11.2 Å². The maximum Gasteiger partial charge on any atom is 0.227 e. The van der Waals surface area contributed by atoms with E-state index >= 15 is 4.39 Å². The summed E-state index contributed by atoms with van der Waals surface area (Å²) < 4.78 is 41.2. The summed E-state index contributed by atoms with van der Waals surface area (Å²) in [6.45, 7) is 7.78. The number of rotatable bonds is 7. The minimum atomic E-state index is -3.62. The molecule has 0 atom stereocenters. The van der Waals surface area contributed by atoms with Gasteiger partial charge in [-0.25, -0.2) is 27.8 Å². The standard InChI is InChI=1S/C29H35ClFN7O3S/c1-29(2,3)17-34-24(39)13-19-6-7-21(14-22(19)31)35-27-25-23(5-4-12-42(25,40)41)36-28(37-27)38-10-8-18(9-11-38)26-32-15-20(30)16-33-26/h6-7,14-16,18H,4-5,8-13,17H2,1-3H3,(H,34,39)(H,35,36,37). The molecule has 0 bridgehead atoms. The van der Waals surface area contributed by atoms with Gasteiger partial charge < -0.3 is 15.5 Å². The normalized spacial score (nSPS) is 17.0. The average Bonchev–Trinajstić information content (AvgIpc) is 2.93. The van der Waals surface area contributed by atoms with E-state index in [-0.39, 0.29) is 45.7 Å².